The highest BCUT2D eigenvalue weighted by Crippen LogP contribution is 2.35. The van der Waals surface area contributed by atoms with Crippen molar-refractivity contribution in [3.63, 3.8) is 0 Å². The largest absolute Gasteiger partial charge is 0.289 e. The van der Waals surface area contributed by atoms with Crippen molar-refractivity contribution in [1.29, 1.82) is 0 Å². The fourth-order valence-electron chi connectivity index (χ4n) is 1.65. The van der Waals surface area contributed by atoms with E-state index in [1.54, 1.807) is 0 Å². The van der Waals surface area contributed by atoms with Gasteiger partial charge in [-0.05, 0) is 29.9 Å². The molecule has 0 fully saturated rings. The van der Waals surface area contributed by atoms with Crippen LogP contribution in [-0.4, -0.2) is 5.78 Å². The van der Waals surface area contributed by atoms with Crippen LogP contribution in [0.25, 0.3) is 0 Å². The summed E-state index contributed by atoms with van der Waals surface area (Å²) >= 11 is 0. The van der Waals surface area contributed by atoms with E-state index in [0.717, 1.165) is 17.6 Å². The van der Waals surface area contributed by atoms with Crippen molar-refractivity contribution in [3.8, 4) is 0 Å². The number of carbonyl (C=O) groups is 1. The minimum Gasteiger partial charge on any atom is -0.289 e. The molecule has 1 heteroatoms. The van der Waals surface area contributed by atoms with Gasteiger partial charge in [0.1, 0.15) is 0 Å². The van der Waals surface area contributed by atoms with E-state index >= 15 is 0 Å². The van der Waals surface area contributed by atoms with Gasteiger partial charge in [0.25, 0.3) is 0 Å². The minimum absolute atomic E-state index is 0.0409. The fourth-order valence-corrected chi connectivity index (χ4v) is 1.65. The van der Waals surface area contributed by atoms with Crippen molar-refractivity contribution >= 4 is 5.78 Å². The van der Waals surface area contributed by atoms with Crippen LogP contribution in [0.15, 0.2) is 36.0 Å². The Morgan fingerprint density at radius 3 is 2.54 bits per heavy atom. The molecule has 0 aromatic rings. The predicted molar refractivity (Wildman–Crippen MR) is 55.4 cm³/mol. The van der Waals surface area contributed by atoms with Gasteiger partial charge in [0.15, 0.2) is 5.78 Å². The summed E-state index contributed by atoms with van der Waals surface area (Å²) in [5, 5.41) is 0. The van der Waals surface area contributed by atoms with Crippen LogP contribution in [-0.2, 0) is 4.79 Å². The Morgan fingerprint density at radius 1 is 1.54 bits per heavy atom. The van der Waals surface area contributed by atoms with Crippen LogP contribution in [0.4, 0.5) is 0 Å². The molecule has 13 heavy (non-hydrogen) atoms. The molecule has 0 heterocycles. The van der Waals surface area contributed by atoms with Crippen molar-refractivity contribution in [2.45, 2.75) is 27.2 Å². The molecule has 0 saturated heterocycles. The van der Waals surface area contributed by atoms with Crippen LogP contribution < -0.4 is 0 Å². The zero-order valence-electron chi connectivity index (χ0n) is 8.61. The Labute approximate surface area is 79.8 Å². The van der Waals surface area contributed by atoms with Gasteiger partial charge in [0.05, 0.1) is 0 Å². The molecule has 0 aromatic carbocycles. The van der Waals surface area contributed by atoms with Crippen LogP contribution in [0.5, 0.6) is 0 Å². The zero-order chi connectivity index (χ0) is 10.2. The Bertz CT molecular complexity index is 316. The molecular formula is C12H16O. The Balaban J connectivity index is 3.17. The molecule has 0 saturated carbocycles. The molecular weight excluding hydrogens is 160 g/mol. The zero-order valence-corrected chi connectivity index (χ0v) is 8.61. The number of hydrogen-bond donors (Lipinski definition) is 0. The quantitative estimate of drug-likeness (QED) is 0.561. The second-order valence-corrected chi connectivity index (χ2v) is 4.44. The predicted octanol–water partition coefficient (Wildman–Crippen LogP) is 3.04. The average molecular weight is 176 g/mol. The van der Waals surface area contributed by atoms with Gasteiger partial charge in [0.2, 0.25) is 0 Å². The maximum atomic E-state index is 11.6. The van der Waals surface area contributed by atoms with E-state index < -0.39 is 0 Å². The van der Waals surface area contributed by atoms with Crippen LogP contribution in [0.2, 0.25) is 0 Å². The number of allylic oxidation sites excluding steroid dienone is 4. The summed E-state index contributed by atoms with van der Waals surface area (Å²) in [6.07, 6.45) is 2.76. The van der Waals surface area contributed by atoms with Gasteiger partial charge in [-0.3, -0.25) is 4.79 Å². The third-order valence-electron chi connectivity index (χ3n) is 2.23. The van der Waals surface area contributed by atoms with Gasteiger partial charge in [-0.2, -0.15) is 0 Å². The van der Waals surface area contributed by atoms with Crippen LogP contribution in [0, 0.1) is 5.41 Å². The van der Waals surface area contributed by atoms with Gasteiger partial charge in [-0.1, -0.05) is 33.1 Å². The van der Waals surface area contributed by atoms with Crippen molar-refractivity contribution in [2.75, 3.05) is 0 Å². The molecule has 1 rings (SSSR count). The van der Waals surface area contributed by atoms with Gasteiger partial charge >= 0.3 is 0 Å². The summed E-state index contributed by atoms with van der Waals surface area (Å²) < 4.78 is 0. The molecule has 1 nitrogen and oxygen atoms in total. The molecule has 0 amide bonds. The van der Waals surface area contributed by atoms with Gasteiger partial charge in [0, 0.05) is 5.57 Å². The first-order chi connectivity index (χ1) is 5.83. The summed E-state index contributed by atoms with van der Waals surface area (Å²) in [5.41, 5.74) is 2.31. The first-order valence-corrected chi connectivity index (χ1v) is 4.45. The first-order valence-electron chi connectivity index (χ1n) is 4.45. The van der Waals surface area contributed by atoms with Crippen LogP contribution >= 0.6 is 0 Å². The number of carbonyl (C=O) groups excluding carboxylic acids is 1. The molecule has 0 aliphatic heterocycles. The molecule has 0 unspecified atom stereocenters. The average Bonchev–Trinajstić information content (AvgIpc) is 1.95. The van der Waals surface area contributed by atoms with E-state index in [1.165, 1.54) is 0 Å². The normalized spacial score (nSPS) is 21.3. The van der Waals surface area contributed by atoms with E-state index in [-0.39, 0.29) is 11.2 Å². The Kier molecular flexibility index (Phi) is 2.29. The van der Waals surface area contributed by atoms with E-state index in [0.29, 0.717) is 5.57 Å². The number of Topliss-reactive ketones (excluding diaryl/α,β-unsaturated/α-hetero) is 1. The summed E-state index contributed by atoms with van der Waals surface area (Å²) in [4.78, 5) is 11.6. The summed E-state index contributed by atoms with van der Waals surface area (Å²) in [6, 6.07) is 0. The third-order valence-corrected chi connectivity index (χ3v) is 2.23. The van der Waals surface area contributed by atoms with E-state index in [4.69, 9.17) is 0 Å². The maximum absolute atomic E-state index is 11.6. The van der Waals surface area contributed by atoms with E-state index in [1.807, 2.05) is 13.0 Å². The molecule has 1 aliphatic carbocycles. The maximum Gasteiger partial charge on any atom is 0.188 e. The van der Waals surface area contributed by atoms with Crippen molar-refractivity contribution in [2.24, 2.45) is 5.41 Å². The highest BCUT2D eigenvalue weighted by Gasteiger charge is 2.28. The third kappa shape index (κ3) is 1.97. The molecule has 0 spiro atoms. The molecule has 0 radical (unpaired) electrons. The van der Waals surface area contributed by atoms with Crippen LogP contribution in [0.1, 0.15) is 27.2 Å². The van der Waals surface area contributed by atoms with Crippen LogP contribution in [0.3, 0.4) is 0 Å². The molecule has 1 aliphatic rings. The first kappa shape index (κ1) is 9.97. The highest BCUT2D eigenvalue weighted by atomic mass is 16.1. The lowest BCUT2D eigenvalue weighted by Crippen LogP contribution is -2.22. The Morgan fingerprint density at radius 2 is 2.08 bits per heavy atom. The lowest BCUT2D eigenvalue weighted by molar-refractivity contribution is -0.112. The smallest absolute Gasteiger partial charge is 0.188 e. The van der Waals surface area contributed by atoms with E-state index in [9.17, 15) is 4.79 Å². The molecule has 0 bridgehead atoms. The summed E-state index contributed by atoms with van der Waals surface area (Å²) in [7, 11) is 0. The van der Waals surface area contributed by atoms with Gasteiger partial charge in [-0.25, -0.2) is 0 Å². The topological polar surface area (TPSA) is 17.1 Å². The molecule has 70 valence electrons. The van der Waals surface area contributed by atoms with Gasteiger partial charge in [-0.15, -0.1) is 0 Å². The number of rotatable bonds is 1. The standard InChI is InChI=1S/C12H16O/c1-8(2)10-7-12(4,5)6-9(3)11(10)13/h7H,1,3,6H2,2,4-5H3. The monoisotopic (exact) mass is 176 g/mol. The second kappa shape index (κ2) is 2.99. The second-order valence-electron chi connectivity index (χ2n) is 4.44. The van der Waals surface area contributed by atoms with E-state index in [2.05, 4.69) is 27.0 Å². The van der Waals surface area contributed by atoms with Crippen molar-refractivity contribution in [3.05, 3.63) is 36.0 Å². The fraction of sp³-hybridized carbons (Fsp3) is 0.417. The molecule has 0 atom stereocenters. The minimum atomic E-state index is 0.0409. The Hall–Kier alpha value is -1.11. The number of ketones is 1. The number of hydrogen-bond acceptors (Lipinski definition) is 1. The van der Waals surface area contributed by atoms with Crippen molar-refractivity contribution < 1.29 is 4.79 Å². The molecule has 0 N–H and O–H groups in total. The van der Waals surface area contributed by atoms with Crippen molar-refractivity contribution in [1.82, 2.24) is 0 Å². The summed E-state index contributed by atoms with van der Waals surface area (Å²) in [6.45, 7) is 13.7. The molecule has 0 aromatic heterocycles. The highest BCUT2D eigenvalue weighted by molar-refractivity contribution is 6.11. The summed E-state index contributed by atoms with van der Waals surface area (Å²) in [5.74, 6) is 0.0619. The SMILES string of the molecule is C=C(C)C1=CC(C)(C)CC(=C)C1=O. The lowest BCUT2D eigenvalue weighted by Gasteiger charge is -2.28. The van der Waals surface area contributed by atoms with Gasteiger partial charge < -0.3 is 0 Å². The lowest BCUT2D eigenvalue weighted by atomic mass is 9.75.